The average Bonchev–Trinajstić information content (AvgIpc) is 2.98. The van der Waals surface area contributed by atoms with Gasteiger partial charge in [-0.05, 0) is 25.5 Å². The molecule has 8 nitrogen and oxygen atoms in total. The van der Waals surface area contributed by atoms with E-state index in [1.54, 1.807) is 0 Å². The van der Waals surface area contributed by atoms with E-state index in [2.05, 4.69) is 15.5 Å². The van der Waals surface area contributed by atoms with Gasteiger partial charge in [-0.25, -0.2) is 4.79 Å². The third kappa shape index (κ3) is 4.07. The quantitative estimate of drug-likeness (QED) is 0.730. The van der Waals surface area contributed by atoms with Crippen LogP contribution < -0.4 is 20.3 Å². The van der Waals surface area contributed by atoms with Crippen LogP contribution in [-0.4, -0.2) is 61.6 Å². The highest BCUT2D eigenvalue weighted by Gasteiger charge is 2.30. The van der Waals surface area contributed by atoms with Crippen molar-refractivity contribution < 1.29 is 19.1 Å². The summed E-state index contributed by atoms with van der Waals surface area (Å²) in [7, 11) is 0. The number of benzene rings is 1. The van der Waals surface area contributed by atoms with Gasteiger partial charge in [0.1, 0.15) is 11.8 Å². The zero-order valence-corrected chi connectivity index (χ0v) is 14.9. The number of hydrogen-bond donors (Lipinski definition) is 2. The fraction of sp³-hybridized carbons (Fsp3) is 0.500. The van der Waals surface area contributed by atoms with Gasteiger partial charge in [0.15, 0.2) is 0 Å². The molecule has 1 aromatic rings. The van der Waals surface area contributed by atoms with E-state index in [1.165, 1.54) is 0 Å². The lowest BCUT2D eigenvalue weighted by atomic mass is 10.1. The molecule has 0 saturated carbocycles. The topological polar surface area (TPSA) is 91.0 Å². The van der Waals surface area contributed by atoms with Gasteiger partial charge in [-0.15, -0.1) is 0 Å². The predicted molar refractivity (Wildman–Crippen MR) is 96.1 cm³/mol. The lowest BCUT2D eigenvalue weighted by Crippen LogP contribution is -2.49. The minimum atomic E-state index is -0.606. The molecule has 0 spiro atoms. The normalized spacial score (nSPS) is 20.0. The summed E-state index contributed by atoms with van der Waals surface area (Å²) in [6.07, 6.45) is 0.567. The molecule has 1 aromatic carbocycles. The van der Waals surface area contributed by atoms with Crippen LogP contribution in [-0.2, 0) is 9.59 Å². The molecule has 0 aliphatic carbocycles. The summed E-state index contributed by atoms with van der Waals surface area (Å²) in [5.41, 5.74) is 1.05. The number of hydrogen-bond acceptors (Lipinski definition) is 5. The van der Waals surface area contributed by atoms with Crippen molar-refractivity contribution in [3.05, 3.63) is 24.3 Å². The summed E-state index contributed by atoms with van der Waals surface area (Å²) in [5, 5.41) is 4.69. The third-order valence-electron chi connectivity index (χ3n) is 4.64. The Hall–Kier alpha value is -2.77. The van der Waals surface area contributed by atoms with Crippen LogP contribution in [0.2, 0.25) is 0 Å². The summed E-state index contributed by atoms with van der Waals surface area (Å²) in [6.45, 7) is 5.29. The van der Waals surface area contributed by atoms with Crippen molar-refractivity contribution in [2.24, 2.45) is 0 Å². The van der Waals surface area contributed by atoms with Crippen molar-refractivity contribution >= 4 is 23.5 Å². The van der Waals surface area contributed by atoms with Crippen LogP contribution in [0.15, 0.2) is 24.3 Å². The van der Waals surface area contributed by atoms with E-state index in [9.17, 15) is 14.4 Å². The van der Waals surface area contributed by atoms with E-state index in [0.717, 1.165) is 24.5 Å². The number of imide groups is 1. The number of nitrogens with one attached hydrogen (secondary N) is 2. The van der Waals surface area contributed by atoms with Gasteiger partial charge >= 0.3 is 6.03 Å². The molecule has 2 aliphatic rings. The summed E-state index contributed by atoms with van der Waals surface area (Å²) in [5.74, 6) is 0.509. The number of anilines is 1. The lowest BCUT2D eigenvalue weighted by Gasteiger charge is -2.36. The van der Waals surface area contributed by atoms with Crippen LogP contribution in [0, 0.1) is 0 Å². The minimum Gasteiger partial charge on any atom is -0.492 e. The highest BCUT2D eigenvalue weighted by molar-refractivity contribution is 6.04. The molecular weight excluding hydrogens is 336 g/mol. The zero-order chi connectivity index (χ0) is 18.5. The SMILES string of the molecule is CCOc1ccccc1N1CCN(C(=O)CC[C@H]2NC(=O)NC2=O)CC1. The number of ether oxygens (including phenoxy) is 1. The van der Waals surface area contributed by atoms with Gasteiger partial charge in [-0.1, -0.05) is 12.1 Å². The van der Waals surface area contributed by atoms with Gasteiger partial charge < -0.3 is 19.9 Å². The van der Waals surface area contributed by atoms with Crippen molar-refractivity contribution in [1.29, 1.82) is 0 Å². The number of carbonyl (C=O) groups excluding carboxylic acids is 3. The van der Waals surface area contributed by atoms with E-state index >= 15 is 0 Å². The van der Waals surface area contributed by atoms with Crippen molar-refractivity contribution in [1.82, 2.24) is 15.5 Å². The van der Waals surface area contributed by atoms with Gasteiger partial charge in [-0.3, -0.25) is 14.9 Å². The highest BCUT2D eigenvalue weighted by atomic mass is 16.5. The fourth-order valence-electron chi connectivity index (χ4n) is 3.28. The molecule has 0 aromatic heterocycles. The van der Waals surface area contributed by atoms with Crippen LogP contribution >= 0.6 is 0 Å². The molecule has 0 unspecified atom stereocenters. The summed E-state index contributed by atoms with van der Waals surface area (Å²) >= 11 is 0. The second-order valence-corrected chi connectivity index (χ2v) is 6.32. The van der Waals surface area contributed by atoms with E-state index in [1.807, 2.05) is 36.1 Å². The monoisotopic (exact) mass is 360 g/mol. The molecule has 2 fully saturated rings. The molecule has 0 radical (unpaired) electrons. The molecule has 140 valence electrons. The Labute approximate surface area is 152 Å². The maximum Gasteiger partial charge on any atom is 0.322 e. The standard InChI is InChI=1S/C18H24N4O4/c1-2-26-15-6-4-3-5-14(15)21-9-11-22(12-10-21)16(23)8-7-13-17(24)20-18(25)19-13/h3-6,13H,2,7-12H2,1H3,(H2,19,20,24,25)/t13-/m1/s1. The molecule has 3 rings (SSSR count). The van der Waals surface area contributed by atoms with Crippen molar-refractivity contribution in [2.75, 3.05) is 37.7 Å². The van der Waals surface area contributed by atoms with Crippen LogP contribution in [0.1, 0.15) is 19.8 Å². The maximum atomic E-state index is 12.4. The van der Waals surface area contributed by atoms with E-state index < -0.39 is 12.1 Å². The van der Waals surface area contributed by atoms with Crippen LogP contribution in [0.3, 0.4) is 0 Å². The number of nitrogens with zero attached hydrogens (tertiary/aromatic N) is 2. The highest BCUT2D eigenvalue weighted by Crippen LogP contribution is 2.28. The summed E-state index contributed by atoms with van der Waals surface area (Å²) in [4.78, 5) is 39.1. The van der Waals surface area contributed by atoms with Crippen LogP contribution in [0.5, 0.6) is 5.75 Å². The van der Waals surface area contributed by atoms with Crippen molar-refractivity contribution in [2.45, 2.75) is 25.8 Å². The molecule has 2 aliphatic heterocycles. The third-order valence-corrected chi connectivity index (χ3v) is 4.64. The molecule has 4 amide bonds. The Morgan fingerprint density at radius 1 is 1.19 bits per heavy atom. The average molecular weight is 360 g/mol. The van der Waals surface area contributed by atoms with Crippen molar-refractivity contribution in [3.63, 3.8) is 0 Å². The fourth-order valence-corrected chi connectivity index (χ4v) is 3.28. The largest absolute Gasteiger partial charge is 0.492 e. The summed E-state index contributed by atoms with van der Waals surface area (Å²) in [6, 6.07) is 6.82. The van der Waals surface area contributed by atoms with Crippen LogP contribution in [0.25, 0.3) is 0 Å². The number of urea groups is 1. The zero-order valence-electron chi connectivity index (χ0n) is 14.9. The first kappa shape index (κ1) is 18.0. The van der Waals surface area contributed by atoms with E-state index in [-0.39, 0.29) is 18.2 Å². The number of carbonyl (C=O) groups is 3. The molecule has 1 atom stereocenters. The number of rotatable bonds is 6. The van der Waals surface area contributed by atoms with Gasteiger partial charge in [0, 0.05) is 32.6 Å². The number of piperazine rings is 1. The minimum absolute atomic E-state index is 0.0108. The maximum absolute atomic E-state index is 12.4. The van der Waals surface area contributed by atoms with E-state index in [0.29, 0.717) is 26.1 Å². The first-order valence-electron chi connectivity index (χ1n) is 8.94. The Morgan fingerprint density at radius 3 is 2.58 bits per heavy atom. The molecule has 8 heteroatoms. The Bertz CT molecular complexity index is 686. The van der Waals surface area contributed by atoms with Gasteiger partial charge in [0.05, 0.1) is 12.3 Å². The Morgan fingerprint density at radius 2 is 1.92 bits per heavy atom. The predicted octanol–water partition coefficient (Wildman–Crippen LogP) is 0.722. The van der Waals surface area contributed by atoms with Gasteiger partial charge in [0.2, 0.25) is 5.91 Å². The second-order valence-electron chi connectivity index (χ2n) is 6.32. The smallest absolute Gasteiger partial charge is 0.322 e. The molecule has 2 saturated heterocycles. The molecule has 0 bridgehead atoms. The first-order chi connectivity index (χ1) is 12.6. The van der Waals surface area contributed by atoms with Gasteiger partial charge in [0.25, 0.3) is 5.91 Å². The van der Waals surface area contributed by atoms with E-state index in [4.69, 9.17) is 4.74 Å². The number of amides is 4. The second kappa shape index (κ2) is 8.07. The van der Waals surface area contributed by atoms with Crippen molar-refractivity contribution in [3.8, 4) is 5.75 Å². The molecule has 2 N–H and O–H groups in total. The Kier molecular flexibility index (Phi) is 5.60. The molecular formula is C18H24N4O4. The summed E-state index contributed by atoms with van der Waals surface area (Å²) < 4.78 is 5.68. The Balaban J connectivity index is 1.50. The molecule has 2 heterocycles. The lowest BCUT2D eigenvalue weighted by molar-refractivity contribution is -0.131. The molecule has 26 heavy (non-hydrogen) atoms. The van der Waals surface area contributed by atoms with Crippen LogP contribution in [0.4, 0.5) is 10.5 Å². The van der Waals surface area contributed by atoms with Gasteiger partial charge in [-0.2, -0.15) is 0 Å². The first-order valence-corrected chi connectivity index (χ1v) is 8.94. The number of para-hydroxylation sites is 2.